The van der Waals surface area contributed by atoms with Gasteiger partial charge in [-0.15, -0.1) is 0 Å². The van der Waals surface area contributed by atoms with Gasteiger partial charge in [-0.2, -0.15) is 0 Å². The van der Waals surface area contributed by atoms with Crippen molar-refractivity contribution in [3.8, 4) is 0 Å². The van der Waals surface area contributed by atoms with E-state index in [1.54, 1.807) is 0 Å². The topological polar surface area (TPSA) is 21.3 Å². The molecule has 1 aliphatic heterocycles. The van der Waals surface area contributed by atoms with E-state index < -0.39 is 0 Å². The molecule has 0 aromatic carbocycles. The van der Waals surface area contributed by atoms with E-state index in [4.69, 9.17) is 4.65 Å². The first-order valence-electron chi connectivity index (χ1n) is 5.57. The summed E-state index contributed by atoms with van der Waals surface area (Å²) in [6, 6.07) is 0.591. The summed E-state index contributed by atoms with van der Waals surface area (Å²) < 4.78 is 5.70. The first kappa shape index (κ1) is 9.54. The molecule has 0 amide bonds. The SMILES string of the molecule is CC1(C)OBN[C@@H]1C1CCCCC1. The molecule has 2 rings (SSSR count). The second-order valence-corrected chi connectivity index (χ2v) is 4.97. The van der Waals surface area contributed by atoms with E-state index in [1.807, 2.05) is 0 Å². The molecule has 0 unspecified atom stereocenters. The molecule has 0 aromatic rings. The van der Waals surface area contributed by atoms with Crippen molar-refractivity contribution in [1.29, 1.82) is 0 Å². The Morgan fingerprint density at radius 3 is 2.46 bits per heavy atom. The second kappa shape index (κ2) is 3.62. The van der Waals surface area contributed by atoms with Crippen molar-refractivity contribution in [3.05, 3.63) is 0 Å². The Bertz CT molecular complexity index is 178. The van der Waals surface area contributed by atoms with Crippen molar-refractivity contribution < 1.29 is 4.65 Å². The summed E-state index contributed by atoms with van der Waals surface area (Å²) in [4.78, 5) is 0. The smallest absolute Gasteiger partial charge is 0.361 e. The largest absolute Gasteiger partial charge is 0.418 e. The van der Waals surface area contributed by atoms with Crippen molar-refractivity contribution in [3.63, 3.8) is 0 Å². The summed E-state index contributed by atoms with van der Waals surface area (Å²) in [5, 5.41) is 3.49. The second-order valence-electron chi connectivity index (χ2n) is 4.97. The van der Waals surface area contributed by atoms with Gasteiger partial charge in [0.25, 0.3) is 0 Å². The minimum absolute atomic E-state index is 0.0575. The van der Waals surface area contributed by atoms with Gasteiger partial charge in [-0.1, -0.05) is 19.3 Å². The van der Waals surface area contributed by atoms with Gasteiger partial charge in [-0.05, 0) is 32.6 Å². The van der Waals surface area contributed by atoms with E-state index >= 15 is 0 Å². The molecule has 1 atom stereocenters. The first-order chi connectivity index (χ1) is 6.20. The third-order valence-electron chi connectivity index (χ3n) is 3.62. The molecule has 2 nitrogen and oxygen atoms in total. The van der Waals surface area contributed by atoms with Crippen molar-refractivity contribution in [2.45, 2.75) is 57.6 Å². The standard InChI is InChI=1S/C10H20BNO/c1-10(2)9(12-11-13-10)8-6-4-3-5-7-8/h8-9,11-12H,3-7H2,1-2H3/t9-/m1/s1. The lowest BCUT2D eigenvalue weighted by Crippen LogP contribution is -2.45. The van der Waals surface area contributed by atoms with Crippen LogP contribution in [0.4, 0.5) is 0 Å². The van der Waals surface area contributed by atoms with Gasteiger partial charge >= 0.3 is 7.62 Å². The van der Waals surface area contributed by atoms with Crippen LogP contribution in [0.5, 0.6) is 0 Å². The highest BCUT2D eigenvalue weighted by molar-refractivity contribution is 6.25. The summed E-state index contributed by atoms with van der Waals surface area (Å²) in [5.41, 5.74) is 0.0575. The van der Waals surface area contributed by atoms with Gasteiger partial charge in [-0.25, -0.2) is 0 Å². The highest BCUT2D eigenvalue weighted by Crippen LogP contribution is 2.34. The van der Waals surface area contributed by atoms with Crippen LogP contribution in [-0.2, 0) is 4.65 Å². The normalized spacial score (nSPS) is 34.5. The Morgan fingerprint density at radius 1 is 1.23 bits per heavy atom. The van der Waals surface area contributed by atoms with Crippen molar-refractivity contribution in [2.75, 3.05) is 0 Å². The van der Waals surface area contributed by atoms with Crippen LogP contribution in [0, 0.1) is 5.92 Å². The van der Waals surface area contributed by atoms with E-state index in [9.17, 15) is 0 Å². The lowest BCUT2D eigenvalue weighted by Gasteiger charge is -2.35. The fraction of sp³-hybridized carbons (Fsp3) is 1.00. The molecule has 2 fully saturated rings. The molecule has 0 spiro atoms. The van der Waals surface area contributed by atoms with E-state index in [-0.39, 0.29) is 5.60 Å². The maximum Gasteiger partial charge on any atom is 0.361 e. The highest BCUT2D eigenvalue weighted by Gasteiger charge is 2.40. The Morgan fingerprint density at radius 2 is 1.92 bits per heavy atom. The molecular weight excluding hydrogens is 161 g/mol. The van der Waals surface area contributed by atoms with E-state index in [0.717, 1.165) is 13.5 Å². The van der Waals surface area contributed by atoms with E-state index in [0.29, 0.717) is 6.04 Å². The molecule has 1 saturated carbocycles. The summed E-state index contributed by atoms with van der Waals surface area (Å²) in [5.74, 6) is 0.853. The lowest BCUT2D eigenvalue weighted by molar-refractivity contribution is 0.0802. The van der Waals surface area contributed by atoms with Gasteiger partial charge in [-0.3, -0.25) is 0 Å². The highest BCUT2D eigenvalue weighted by atomic mass is 16.5. The van der Waals surface area contributed by atoms with Gasteiger partial charge in [0.05, 0.1) is 5.60 Å². The third kappa shape index (κ3) is 1.91. The minimum Gasteiger partial charge on any atom is -0.418 e. The van der Waals surface area contributed by atoms with Crippen LogP contribution in [0.25, 0.3) is 0 Å². The fourth-order valence-corrected chi connectivity index (χ4v) is 2.85. The molecular formula is C10H20BNO. The Hall–Kier alpha value is -0.0151. The molecule has 0 aromatic heterocycles. The first-order valence-corrected chi connectivity index (χ1v) is 5.57. The van der Waals surface area contributed by atoms with Crippen LogP contribution in [0.3, 0.4) is 0 Å². The molecule has 0 bridgehead atoms. The van der Waals surface area contributed by atoms with Crippen LogP contribution in [0.15, 0.2) is 0 Å². The molecule has 1 saturated heterocycles. The minimum atomic E-state index is 0.0575. The molecule has 2 aliphatic rings. The molecule has 1 N–H and O–H groups in total. The predicted molar refractivity (Wildman–Crippen MR) is 55.8 cm³/mol. The fourth-order valence-electron chi connectivity index (χ4n) is 2.85. The number of hydrogen-bond acceptors (Lipinski definition) is 2. The van der Waals surface area contributed by atoms with E-state index in [2.05, 4.69) is 19.1 Å². The monoisotopic (exact) mass is 181 g/mol. The zero-order valence-corrected chi connectivity index (χ0v) is 8.81. The van der Waals surface area contributed by atoms with Crippen LogP contribution in [0.1, 0.15) is 46.0 Å². The predicted octanol–water partition coefficient (Wildman–Crippen LogP) is 1.60. The van der Waals surface area contributed by atoms with Crippen molar-refractivity contribution in [2.24, 2.45) is 5.92 Å². The van der Waals surface area contributed by atoms with Gasteiger partial charge in [0, 0.05) is 6.04 Å². The van der Waals surface area contributed by atoms with Crippen molar-refractivity contribution in [1.82, 2.24) is 5.23 Å². The zero-order valence-electron chi connectivity index (χ0n) is 8.81. The van der Waals surface area contributed by atoms with E-state index in [1.165, 1.54) is 32.1 Å². The maximum atomic E-state index is 5.70. The number of hydrogen-bond donors (Lipinski definition) is 1. The average Bonchev–Trinajstić information content (AvgIpc) is 2.47. The Balaban J connectivity index is 1.98. The molecule has 0 radical (unpaired) electrons. The average molecular weight is 181 g/mol. The summed E-state index contributed by atoms with van der Waals surface area (Å²) in [6.45, 7) is 4.43. The van der Waals surface area contributed by atoms with Gasteiger partial charge in [0.15, 0.2) is 0 Å². The molecule has 1 aliphatic carbocycles. The summed E-state index contributed by atoms with van der Waals surface area (Å²) in [6.07, 6.45) is 7.05. The molecule has 3 heteroatoms. The quantitative estimate of drug-likeness (QED) is 0.620. The molecule has 1 heterocycles. The summed E-state index contributed by atoms with van der Waals surface area (Å²) >= 11 is 0. The van der Waals surface area contributed by atoms with Crippen LogP contribution in [-0.4, -0.2) is 19.3 Å². The van der Waals surface area contributed by atoms with Crippen molar-refractivity contribution >= 4 is 7.62 Å². The molecule has 13 heavy (non-hydrogen) atoms. The Kier molecular flexibility index (Phi) is 2.66. The number of rotatable bonds is 1. The number of nitrogens with one attached hydrogen (secondary N) is 1. The van der Waals surface area contributed by atoms with Crippen LogP contribution >= 0.6 is 0 Å². The Labute approximate surface area is 81.7 Å². The third-order valence-corrected chi connectivity index (χ3v) is 3.62. The van der Waals surface area contributed by atoms with Gasteiger partial charge < -0.3 is 9.88 Å². The molecule has 74 valence electrons. The van der Waals surface area contributed by atoms with Crippen LogP contribution < -0.4 is 5.23 Å². The summed E-state index contributed by atoms with van der Waals surface area (Å²) in [7, 11) is 0.744. The van der Waals surface area contributed by atoms with Gasteiger partial charge in [0.2, 0.25) is 0 Å². The zero-order chi connectivity index (χ0) is 9.31. The van der Waals surface area contributed by atoms with Crippen LogP contribution in [0.2, 0.25) is 0 Å². The maximum absolute atomic E-state index is 5.70. The lowest BCUT2D eigenvalue weighted by atomic mass is 9.78. The van der Waals surface area contributed by atoms with Gasteiger partial charge in [0.1, 0.15) is 0 Å².